The number of hydrogen-bond acceptors (Lipinski definition) is 4. The Labute approximate surface area is 141 Å². The molecular formula is C19H23NO4. The van der Waals surface area contributed by atoms with Gasteiger partial charge in [0.15, 0.2) is 5.78 Å². The van der Waals surface area contributed by atoms with Crippen LogP contribution in [0.2, 0.25) is 0 Å². The Bertz CT molecular complexity index is 712. The monoisotopic (exact) mass is 329 g/mol. The number of rotatable bonds is 9. The number of hydroxylamine groups is 1. The molecule has 2 N–H and O–H groups in total. The second-order valence-corrected chi connectivity index (χ2v) is 5.80. The van der Waals surface area contributed by atoms with Gasteiger partial charge >= 0.3 is 0 Å². The highest BCUT2D eigenvalue weighted by Crippen LogP contribution is 2.22. The fraction of sp³-hybridized carbons (Fsp3) is 0.368. The summed E-state index contributed by atoms with van der Waals surface area (Å²) in [6.07, 6.45) is 4.12. The zero-order valence-electron chi connectivity index (χ0n) is 13.9. The first-order valence-corrected chi connectivity index (χ1v) is 8.18. The minimum Gasteiger partial charge on any atom is -0.497 e. The van der Waals surface area contributed by atoms with Crippen molar-refractivity contribution in [1.82, 2.24) is 5.48 Å². The molecule has 0 bridgehead atoms. The Hall–Kier alpha value is -2.40. The second-order valence-electron chi connectivity index (χ2n) is 5.80. The molecule has 128 valence electrons. The average Bonchev–Trinajstić information content (AvgIpc) is 2.63. The summed E-state index contributed by atoms with van der Waals surface area (Å²) in [5.41, 5.74) is 2.35. The summed E-state index contributed by atoms with van der Waals surface area (Å²) in [7, 11) is 1.63. The normalized spacial score (nSPS) is 10.6. The van der Waals surface area contributed by atoms with Crippen LogP contribution in [0.5, 0.6) is 5.75 Å². The fourth-order valence-corrected chi connectivity index (χ4v) is 2.65. The molecule has 1 amide bonds. The highest BCUT2D eigenvalue weighted by atomic mass is 16.5. The number of unbranched alkanes of at least 4 members (excludes halogenated alkanes) is 3. The van der Waals surface area contributed by atoms with Crippen LogP contribution in [0.1, 0.15) is 48.9 Å². The maximum atomic E-state index is 12.3. The number of nitrogens with one attached hydrogen (secondary N) is 1. The molecule has 2 rings (SSSR count). The van der Waals surface area contributed by atoms with Gasteiger partial charge in [-0.05, 0) is 41.8 Å². The quantitative estimate of drug-likeness (QED) is 0.317. The first kappa shape index (κ1) is 17.9. The van der Waals surface area contributed by atoms with Crippen molar-refractivity contribution in [3.05, 3.63) is 42.0 Å². The summed E-state index contributed by atoms with van der Waals surface area (Å²) in [5, 5.41) is 10.5. The van der Waals surface area contributed by atoms with Crippen LogP contribution in [0.3, 0.4) is 0 Å². The molecule has 2 aromatic carbocycles. The minimum absolute atomic E-state index is 0.140. The van der Waals surface area contributed by atoms with Crippen molar-refractivity contribution < 1.29 is 19.5 Å². The van der Waals surface area contributed by atoms with Crippen LogP contribution in [0, 0.1) is 0 Å². The Morgan fingerprint density at radius 3 is 2.33 bits per heavy atom. The third kappa shape index (κ3) is 5.06. The Morgan fingerprint density at radius 2 is 1.62 bits per heavy atom. The number of hydrogen-bond donors (Lipinski definition) is 2. The molecule has 0 radical (unpaired) electrons. The minimum atomic E-state index is -0.362. The van der Waals surface area contributed by atoms with Crippen molar-refractivity contribution in [2.24, 2.45) is 0 Å². The van der Waals surface area contributed by atoms with E-state index >= 15 is 0 Å². The SMILES string of the molecule is COc1ccc2cc(C(=O)CCCCCCC(=O)NO)ccc2c1. The molecule has 0 aromatic heterocycles. The molecule has 24 heavy (non-hydrogen) atoms. The zero-order valence-corrected chi connectivity index (χ0v) is 13.9. The van der Waals surface area contributed by atoms with Gasteiger partial charge in [0.1, 0.15) is 5.75 Å². The number of carbonyl (C=O) groups excluding carboxylic acids is 2. The van der Waals surface area contributed by atoms with Crippen LogP contribution in [-0.4, -0.2) is 24.0 Å². The van der Waals surface area contributed by atoms with E-state index in [0.29, 0.717) is 12.8 Å². The average molecular weight is 329 g/mol. The van der Waals surface area contributed by atoms with Crippen molar-refractivity contribution >= 4 is 22.5 Å². The third-order valence-electron chi connectivity index (χ3n) is 4.05. The van der Waals surface area contributed by atoms with Crippen molar-refractivity contribution in [2.75, 3.05) is 7.11 Å². The van der Waals surface area contributed by atoms with Crippen molar-refractivity contribution in [1.29, 1.82) is 0 Å². The lowest BCUT2D eigenvalue weighted by Gasteiger charge is -2.06. The van der Waals surface area contributed by atoms with E-state index in [0.717, 1.165) is 47.8 Å². The number of benzene rings is 2. The molecule has 0 aliphatic carbocycles. The van der Waals surface area contributed by atoms with Gasteiger partial charge in [-0.2, -0.15) is 0 Å². The van der Waals surface area contributed by atoms with Crippen LogP contribution in [-0.2, 0) is 4.79 Å². The number of amides is 1. The van der Waals surface area contributed by atoms with Gasteiger partial charge in [0.2, 0.25) is 5.91 Å². The summed E-state index contributed by atoms with van der Waals surface area (Å²) in [6, 6.07) is 11.5. The van der Waals surface area contributed by atoms with E-state index in [1.807, 2.05) is 36.4 Å². The van der Waals surface area contributed by atoms with Crippen molar-refractivity contribution in [2.45, 2.75) is 38.5 Å². The van der Waals surface area contributed by atoms with E-state index in [4.69, 9.17) is 9.94 Å². The summed E-state index contributed by atoms with van der Waals surface area (Å²) in [5.74, 6) is 0.580. The molecule has 0 atom stereocenters. The summed E-state index contributed by atoms with van der Waals surface area (Å²) < 4.78 is 5.20. The lowest BCUT2D eigenvalue weighted by atomic mass is 10.0. The summed E-state index contributed by atoms with van der Waals surface area (Å²) in [6.45, 7) is 0. The predicted molar refractivity (Wildman–Crippen MR) is 92.5 cm³/mol. The highest BCUT2D eigenvalue weighted by molar-refractivity contribution is 6.00. The predicted octanol–water partition coefficient (Wildman–Crippen LogP) is 3.88. The molecule has 0 saturated heterocycles. The van der Waals surface area contributed by atoms with E-state index in [2.05, 4.69) is 0 Å². The molecule has 0 fully saturated rings. The number of ketones is 1. The van der Waals surface area contributed by atoms with Crippen molar-refractivity contribution in [3.63, 3.8) is 0 Å². The first-order valence-electron chi connectivity index (χ1n) is 8.18. The molecule has 2 aromatic rings. The smallest absolute Gasteiger partial charge is 0.243 e. The van der Waals surface area contributed by atoms with Gasteiger partial charge in [0.05, 0.1) is 7.11 Å². The lowest BCUT2D eigenvalue weighted by Crippen LogP contribution is -2.17. The molecule has 0 unspecified atom stereocenters. The maximum Gasteiger partial charge on any atom is 0.243 e. The van der Waals surface area contributed by atoms with Gasteiger partial charge in [0, 0.05) is 18.4 Å². The lowest BCUT2D eigenvalue weighted by molar-refractivity contribution is -0.129. The number of fused-ring (bicyclic) bond motifs is 1. The second kappa shape index (κ2) is 9.03. The summed E-state index contributed by atoms with van der Waals surface area (Å²) in [4.78, 5) is 23.1. The molecule has 0 aliphatic heterocycles. The third-order valence-corrected chi connectivity index (χ3v) is 4.05. The molecule has 5 nitrogen and oxygen atoms in total. The zero-order chi connectivity index (χ0) is 17.4. The highest BCUT2D eigenvalue weighted by Gasteiger charge is 2.07. The summed E-state index contributed by atoms with van der Waals surface area (Å²) >= 11 is 0. The molecule has 0 spiro atoms. The molecule has 5 heteroatoms. The van der Waals surface area contributed by atoms with Crippen LogP contribution >= 0.6 is 0 Å². The van der Waals surface area contributed by atoms with Gasteiger partial charge in [-0.25, -0.2) is 5.48 Å². The maximum absolute atomic E-state index is 12.3. The van der Waals surface area contributed by atoms with Gasteiger partial charge < -0.3 is 4.74 Å². The van der Waals surface area contributed by atoms with Gasteiger partial charge in [-0.3, -0.25) is 14.8 Å². The van der Waals surface area contributed by atoms with E-state index in [-0.39, 0.29) is 11.7 Å². The molecule has 0 heterocycles. The van der Waals surface area contributed by atoms with Crippen LogP contribution < -0.4 is 10.2 Å². The van der Waals surface area contributed by atoms with E-state index in [1.165, 1.54) is 0 Å². The van der Waals surface area contributed by atoms with Gasteiger partial charge in [0.25, 0.3) is 0 Å². The van der Waals surface area contributed by atoms with Crippen molar-refractivity contribution in [3.8, 4) is 5.75 Å². The fourth-order valence-electron chi connectivity index (χ4n) is 2.65. The standard InChI is InChI=1S/C19H23NO4/c1-24-17-11-10-14-12-16(9-8-15(14)13-17)18(21)6-4-2-3-5-7-19(22)20-23/h8-13,23H,2-7H2,1H3,(H,20,22). The number of methoxy groups -OCH3 is 1. The molecule has 0 aliphatic rings. The van der Waals surface area contributed by atoms with Crippen LogP contribution in [0.25, 0.3) is 10.8 Å². The van der Waals surface area contributed by atoms with Gasteiger partial charge in [-0.1, -0.05) is 31.0 Å². The van der Waals surface area contributed by atoms with Crippen LogP contribution in [0.15, 0.2) is 36.4 Å². The Balaban J connectivity index is 1.82. The Morgan fingerprint density at radius 1 is 0.958 bits per heavy atom. The van der Waals surface area contributed by atoms with E-state index in [9.17, 15) is 9.59 Å². The number of Topliss-reactive ketones (excluding diaryl/α,β-unsaturated/α-hetero) is 1. The van der Waals surface area contributed by atoms with Crippen LogP contribution in [0.4, 0.5) is 0 Å². The molecule has 0 saturated carbocycles. The molecular weight excluding hydrogens is 306 g/mol. The Kier molecular flexibility index (Phi) is 6.75. The topological polar surface area (TPSA) is 75.6 Å². The van der Waals surface area contributed by atoms with E-state index in [1.54, 1.807) is 12.6 Å². The number of ether oxygens (including phenoxy) is 1. The first-order chi connectivity index (χ1) is 11.6. The number of carbonyl (C=O) groups is 2. The largest absolute Gasteiger partial charge is 0.497 e. The van der Waals surface area contributed by atoms with E-state index < -0.39 is 0 Å². The van der Waals surface area contributed by atoms with Gasteiger partial charge in [-0.15, -0.1) is 0 Å².